The highest BCUT2D eigenvalue weighted by atomic mass is 32.2. The molecule has 128 valence electrons. The normalized spacial score (nSPS) is 25.0. The van der Waals surface area contributed by atoms with E-state index in [1.54, 1.807) is 12.0 Å². The van der Waals surface area contributed by atoms with Crippen molar-refractivity contribution in [1.82, 2.24) is 9.80 Å². The van der Waals surface area contributed by atoms with Crippen molar-refractivity contribution >= 4 is 15.7 Å². The minimum atomic E-state index is -2.99. The lowest BCUT2D eigenvalue weighted by Crippen LogP contribution is -2.48. The number of likely N-dealkylation sites (N-methyl/N-ethyl adjacent to an activating group) is 1. The Balaban J connectivity index is 1.96. The van der Waals surface area contributed by atoms with Gasteiger partial charge in [-0.25, -0.2) is 8.42 Å². The first kappa shape index (κ1) is 17.7. The van der Waals surface area contributed by atoms with Crippen LogP contribution >= 0.6 is 0 Å². The van der Waals surface area contributed by atoms with Crippen LogP contribution in [0.15, 0.2) is 0 Å². The molecule has 2 rings (SSSR count). The van der Waals surface area contributed by atoms with Crippen molar-refractivity contribution in [3.05, 3.63) is 0 Å². The molecule has 1 aliphatic carbocycles. The molecule has 0 aromatic heterocycles. The Kier molecular flexibility index (Phi) is 6.23. The molecule has 1 saturated carbocycles. The highest BCUT2D eigenvalue weighted by Gasteiger charge is 2.35. The van der Waals surface area contributed by atoms with Gasteiger partial charge >= 0.3 is 0 Å². The third kappa shape index (κ3) is 4.67. The Bertz CT molecular complexity index is 474. The van der Waals surface area contributed by atoms with E-state index in [-0.39, 0.29) is 23.5 Å². The monoisotopic (exact) mass is 332 g/mol. The van der Waals surface area contributed by atoms with E-state index >= 15 is 0 Å². The lowest BCUT2D eigenvalue weighted by atomic mass is 10.2. The molecule has 1 aliphatic heterocycles. The third-order valence-corrected chi connectivity index (χ3v) is 6.59. The SMILES string of the molecule is COCCN(C(=O)CN(C)C1CCCC1)[C@@H]1CCS(=O)(=O)C1. The molecular formula is C15H28N2O4S. The Morgan fingerprint density at radius 3 is 2.41 bits per heavy atom. The van der Waals surface area contributed by atoms with Crippen LogP contribution in [0.4, 0.5) is 0 Å². The summed E-state index contributed by atoms with van der Waals surface area (Å²) in [4.78, 5) is 16.5. The number of amides is 1. The van der Waals surface area contributed by atoms with E-state index < -0.39 is 9.84 Å². The van der Waals surface area contributed by atoms with Crippen molar-refractivity contribution < 1.29 is 17.9 Å². The lowest BCUT2D eigenvalue weighted by Gasteiger charge is -2.31. The third-order valence-electron chi connectivity index (χ3n) is 4.84. The molecule has 0 bridgehead atoms. The van der Waals surface area contributed by atoms with Crippen LogP contribution in [0.5, 0.6) is 0 Å². The minimum absolute atomic E-state index is 0.0218. The Hall–Kier alpha value is -0.660. The van der Waals surface area contributed by atoms with E-state index in [4.69, 9.17) is 4.74 Å². The second-order valence-corrected chi connectivity index (χ2v) is 8.72. The van der Waals surface area contributed by atoms with Gasteiger partial charge < -0.3 is 9.64 Å². The van der Waals surface area contributed by atoms with E-state index in [2.05, 4.69) is 4.90 Å². The first-order valence-corrected chi connectivity index (χ1v) is 9.94. The van der Waals surface area contributed by atoms with Crippen molar-refractivity contribution in [2.75, 3.05) is 45.4 Å². The van der Waals surface area contributed by atoms with Crippen molar-refractivity contribution in [1.29, 1.82) is 0 Å². The number of methoxy groups -OCH3 is 1. The number of rotatable bonds is 7. The van der Waals surface area contributed by atoms with Gasteiger partial charge in [-0.05, 0) is 26.3 Å². The van der Waals surface area contributed by atoms with Crippen molar-refractivity contribution in [3.63, 3.8) is 0 Å². The van der Waals surface area contributed by atoms with Gasteiger partial charge in [0.2, 0.25) is 5.91 Å². The van der Waals surface area contributed by atoms with E-state index in [0.29, 0.717) is 32.2 Å². The molecule has 0 radical (unpaired) electrons. The molecule has 2 fully saturated rings. The van der Waals surface area contributed by atoms with Crippen LogP contribution in [-0.4, -0.2) is 81.6 Å². The van der Waals surface area contributed by atoms with Crippen LogP contribution in [0.3, 0.4) is 0 Å². The average molecular weight is 332 g/mol. The fourth-order valence-electron chi connectivity index (χ4n) is 3.50. The molecule has 0 unspecified atom stereocenters. The van der Waals surface area contributed by atoms with Crippen LogP contribution in [0.1, 0.15) is 32.1 Å². The summed E-state index contributed by atoms with van der Waals surface area (Å²) >= 11 is 0. The minimum Gasteiger partial charge on any atom is -0.383 e. The molecule has 0 aromatic carbocycles. The summed E-state index contributed by atoms with van der Waals surface area (Å²) in [6, 6.07) is 0.296. The van der Waals surface area contributed by atoms with Gasteiger partial charge in [-0.1, -0.05) is 12.8 Å². The predicted octanol–water partition coefficient (Wildman–Crippen LogP) is 0.523. The maximum absolute atomic E-state index is 12.6. The van der Waals surface area contributed by atoms with E-state index in [0.717, 1.165) is 12.8 Å². The number of ether oxygens (including phenoxy) is 1. The van der Waals surface area contributed by atoms with Crippen LogP contribution in [0.2, 0.25) is 0 Å². The second-order valence-electron chi connectivity index (χ2n) is 6.49. The van der Waals surface area contributed by atoms with E-state index in [9.17, 15) is 13.2 Å². The largest absolute Gasteiger partial charge is 0.383 e. The number of sulfone groups is 1. The highest BCUT2D eigenvalue weighted by Crippen LogP contribution is 2.23. The van der Waals surface area contributed by atoms with Gasteiger partial charge in [-0.15, -0.1) is 0 Å². The summed E-state index contributed by atoms with van der Waals surface area (Å²) in [5.74, 6) is 0.302. The summed E-state index contributed by atoms with van der Waals surface area (Å²) in [5, 5.41) is 0. The van der Waals surface area contributed by atoms with Crippen molar-refractivity contribution in [2.24, 2.45) is 0 Å². The Labute approximate surface area is 133 Å². The Morgan fingerprint density at radius 1 is 1.18 bits per heavy atom. The molecule has 1 atom stereocenters. The zero-order valence-corrected chi connectivity index (χ0v) is 14.5. The molecule has 1 heterocycles. The Morgan fingerprint density at radius 2 is 1.86 bits per heavy atom. The van der Waals surface area contributed by atoms with Crippen LogP contribution in [0, 0.1) is 0 Å². The summed E-state index contributed by atoms with van der Waals surface area (Å²) in [5.41, 5.74) is 0. The predicted molar refractivity (Wildman–Crippen MR) is 85.5 cm³/mol. The summed E-state index contributed by atoms with van der Waals surface area (Å²) in [7, 11) is 0.598. The maximum atomic E-state index is 12.6. The zero-order chi connectivity index (χ0) is 16.2. The standard InChI is InChI=1S/C15H28N2O4S/c1-16(13-5-3-4-6-13)11-15(18)17(8-9-21-2)14-7-10-22(19,20)12-14/h13-14H,3-12H2,1-2H3/t14-/m1/s1. The molecule has 2 aliphatic rings. The van der Waals surface area contributed by atoms with Gasteiger partial charge in [0, 0.05) is 25.7 Å². The summed E-state index contributed by atoms with van der Waals surface area (Å²) in [6.07, 6.45) is 5.32. The van der Waals surface area contributed by atoms with Gasteiger partial charge in [0.15, 0.2) is 9.84 Å². The first-order chi connectivity index (χ1) is 10.4. The van der Waals surface area contributed by atoms with Crippen LogP contribution < -0.4 is 0 Å². The molecule has 1 amide bonds. The number of hydrogen-bond donors (Lipinski definition) is 0. The smallest absolute Gasteiger partial charge is 0.237 e. The second kappa shape index (κ2) is 7.75. The zero-order valence-electron chi connectivity index (χ0n) is 13.7. The molecule has 1 saturated heterocycles. The molecule has 0 aromatic rings. The molecule has 0 N–H and O–H groups in total. The van der Waals surface area contributed by atoms with E-state index in [1.807, 2.05) is 7.05 Å². The number of nitrogens with zero attached hydrogens (tertiary/aromatic N) is 2. The van der Waals surface area contributed by atoms with Gasteiger partial charge in [0.05, 0.1) is 24.7 Å². The fraction of sp³-hybridized carbons (Fsp3) is 0.933. The molecule has 22 heavy (non-hydrogen) atoms. The molecular weight excluding hydrogens is 304 g/mol. The van der Waals surface area contributed by atoms with Crippen LogP contribution in [-0.2, 0) is 19.4 Å². The van der Waals surface area contributed by atoms with Gasteiger partial charge in [-0.3, -0.25) is 9.69 Å². The van der Waals surface area contributed by atoms with Gasteiger partial charge in [-0.2, -0.15) is 0 Å². The maximum Gasteiger partial charge on any atom is 0.237 e. The van der Waals surface area contributed by atoms with Crippen LogP contribution in [0.25, 0.3) is 0 Å². The molecule has 6 nitrogen and oxygen atoms in total. The first-order valence-electron chi connectivity index (χ1n) is 8.12. The number of carbonyl (C=O) groups is 1. The molecule has 0 spiro atoms. The lowest BCUT2D eigenvalue weighted by molar-refractivity contribution is -0.135. The van der Waals surface area contributed by atoms with Gasteiger partial charge in [0.1, 0.15) is 0 Å². The molecule has 7 heteroatoms. The van der Waals surface area contributed by atoms with Gasteiger partial charge in [0.25, 0.3) is 0 Å². The number of carbonyl (C=O) groups excluding carboxylic acids is 1. The summed E-state index contributed by atoms with van der Waals surface area (Å²) in [6.45, 7) is 1.27. The topological polar surface area (TPSA) is 66.9 Å². The fourth-order valence-corrected chi connectivity index (χ4v) is 5.23. The van der Waals surface area contributed by atoms with Crippen molar-refractivity contribution in [3.8, 4) is 0 Å². The highest BCUT2D eigenvalue weighted by molar-refractivity contribution is 7.91. The van der Waals surface area contributed by atoms with E-state index in [1.165, 1.54) is 12.8 Å². The number of hydrogen-bond acceptors (Lipinski definition) is 5. The summed E-state index contributed by atoms with van der Waals surface area (Å²) < 4.78 is 28.5. The average Bonchev–Trinajstić information content (AvgIpc) is 3.09. The van der Waals surface area contributed by atoms with Crippen molar-refractivity contribution in [2.45, 2.75) is 44.2 Å². The quantitative estimate of drug-likeness (QED) is 0.680.